The number of rotatable bonds is 4. The lowest BCUT2D eigenvalue weighted by Gasteiger charge is -2.18. The van der Waals surface area contributed by atoms with Crippen molar-refractivity contribution in [3.05, 3.63) is 53.9 Å². The summed E-state index contributed by atoms with van der Waals surface area (Å²) in [5.41, 5.74) is 10.4. The van der Waals surface area contributed by atoms with Gasteiger partial charge in [-0.25, -0.2) is 28.8 Å². The highest BCUT2D eigenvalue weighted by Crippen LogP contribution is 2.32. The number of methoxy groups -OCH3 is 1. The Labute approximate surface area is 188 Å². The molecule has 0 bridgehead atoms. The summed E-state index contributed by atoms with van der Waals surface area (Å²) in [6.45, 7) is -3.00. The fraction of sp³-hybridized carbons (Fsp3) is 0.150. The molecule has 4 rings (SSSR count). The van der Waals surface area contributed by atoms with Crippen molar-refractivity contribution in [3.63, 3.8) is 0 Å². The summed E-state index contributed by atoms with van der Waals surface area (Å²) in [5.74, 6) is -2.59. The number of carbonyl (C=O) groups is 1. The van der Waals surface area contributed by atoms with E-state index in [-0.39, 0.29) is 28.2 Å². The number of nitrogens with zero attached hydrogens (tertiary/aromatic N) is 6. The first-order valence-corrected chi connectivity index (χ1v) is 8.48. The molecule has 0 unspecified atom stereocenters. The van der Waals surface area contributed by atoms with Crippen LogP contribution in [0.25, 0.3) is 22.6 Å². The number of anilines is 3. The van der Waals surface area contributed by atoms with Gasteiger partial charge in [0.2, 0.25) is 0 Å². The third kappa shape index (κ3) is 3.56. The van der Waals surface area contributed by atoms with Crippen molar-refractivity contribution in [3.8, 4) is 11.5 Å². The number of benzene rings is 1. The summed E-state index contributed by atoms with van der Waals surface area (Å²) in [6, 6.07) is -0.815. The minimum absolute atomic E-state index is 0.134. The molecule has 158 valence electrons. The number of nitrogen functional groups attached to an aromatic ring is 2. The van der Waals surface area contributed by atoms with E-state index in [0.717, 1.165) is 7.05 Å². The van der Waals surface area contributed by atoms with Crippen molar-refractivity contribution in [2.24, 2.45) is 0 Å². The Balaban J connectivity index is 1.89. The molecule has 4 aromatic rings. The molecule has 1 amide bonds. The SMILES string of the molecule is [2H]c1c([2H])c([2H])c(C([2H])([2H])n2nc(-c3nc(N)c(N(C)C(=O)OC([2H])([2H])[2H])c(N)n3)c3cccnc32)c(F)c1[2H]. The molecule has 3 aromatic heterocycles. The second-order valence-electron chi connectivity index (χ2n) is 6.03. The maximum atomic E-state index is 15.1. The molecule has 0 saturated heterocycles. The van der Waals surface area contributed by atoms with Gasteiger partial charge >= 0.3 is 6.09 Å². The molecular formula is C20H19FN8O2. The highest BCUT2D eigenvalue weighted by atomic mass is 19.1. The zero-order chi connectivity index (χ0) is 29.9. The van der Waals surface area contributed by atoms with Crippen LogP contribution in [-0.4, -0.2) is 44.9 Å². The van der Waals surface area contributed by atoms with E-state index >= 15 is 4.39 Å². The van der Waals surface area contributed by atoms with Gasteiger partial charge in [0.15, 0.2) is 23.1 Å². The molecule has 11 heteroatoms. The van der Waals surface area contributed by atoms with Crippen LogP contribution < -0.4 is 16.4 Å². The first-order valence-electron chi connectivity index (χ1n) is 13.0. The highest BCUT2D eigenvalue weighted by Gasteiger charge is 2.23. The zero-order valence-electron chi connectivity index (χ0n) is 24.8. The van der Waals surface area contributed by atoms with Crippen LogP contribution in [0.4, 0.5) is 26.5 Å². The Kier molecular flexibility index (Phi) is 2.99. The van der Waals surface area contributed by atoms with Crippen molar-refractivity contribution in [2.45, 2.75) is 6.50 Å². The number of pyridine rings is 1. The van der Waals surface area contributed by atoms with Crippen molar-refractivity contribution >= 4 is 34.4 Å². The molecule has 0 fully saturated rings. The third-order valence-corrected chi connectivity index (χ3v) is 4.15. The summed E-state index contributed by atoms with van der Waals surface area (Å²) in [6.07, 6.45) is -0.0359. The van der Waals surface area contributed by atoms with E-state index in [4.69, 9.17) is 23.8 Å². The van der Waals surface area contributed by atoms with Crippen LogP contribution in [0.3, 0.4) is 0 Å². The monoisotopic (exact) mass is 431 g/mol. The van der Waals surface area contributed by atoms with Gasteiger partial charge in [-0.2, -0.15) is 5.10 Å². The third-order valence-electron chi connectivity index (χ3n) is 4.15. The molecule has 10 nitrogen and oxygen atoms in total. The predicted octanol–water partition coefficient (Wildman–Crippen LogP) is 2.44. The highest BCUT2D eigenvalue weighted by molar-refractivity contribution is 5.96. The van der Waals surface area contributed by atoms with Crippen molar-refractivity contribution in [2.75, 3.05) is 30.5 Å². The number of ether oxygens (including phenoxy) is 1. The fourth-order valence-electron chi connectivity index (χ4n) is 2.77. The van der Waals surface area contributed by atoms with Crippen LogP contribution in [0, 0.1) is 5.82 Å². The van der Waals surface area contributed by atoms with E-state index in [1.54, 1.807) is 0 Å². The Morgan fingerprint density at radius 3 is 2.84 bits per heavy atom. The average molecular weight is 431 g/mol. The van der Waals surface area contributed by atoms with Gasteiger partial charge in [0.1, 0.15) is 17.2 Å². The second-order valence-corrected chi connectivity index (χ2v) is 6.03. The molecule has 31 heavy (non-hydrogen) atoms. The molecule has 3 heterocycles. The van der Waals surface area contributed by atoms with Gasteiger partial charge in [-0.3, -0.25) is 4.90 Å². The second kappa shape index (κ2) is 7.86. The number of amides is 1. The van der Waals surface area contributed by atoms with Crippen LogP contribution in [0.1, 0.15) is 17.9 Å². The molecule has 0 aliphatic carbocycles. The molecule has 4 N–H and O–H groups in total. The molecule has 0 aliphatic heterocycles. The van der Waals surface area contributed by atoms with Gasteiger partial charge in [-0.15, -0.1) is 0 Å². The first-order chi connectivity index (χ1) is 18.5. The van der Waals surface area contributed by atoms with E-state index in [9.17, 15) is 4.79 Å². The van der Waals surface area contributed by atoms with Crippen LogP contribution in [0.15, 0.2) is 42.5 Å². The van der Waals surface area contributed by atoms with Gasteiger partial charge in [-0.05, 0) is 18.2 Å². The standard InChI is InChI=1S/C20H19FN8O2/c1-28(20(30)31-2)15-16(22)25-18(26-17(15)23)14-12-7-5-9-24-19(12)29(27-14)10-11-6-3-4-8-13(11)21/h3-9H,10H2,1-2H3,(H4,22,23,25,26)/i2D3,3D,4D,6D,8D,10D2. The number of halogens is 1. The fourth-order valence-corrected chi connectivity index (χ4v) is 2.77. The Morgan fingerprint density at radius 1 is 1.35 bits per heavy atom. The van der Waals surface area contributed by atoms with Gasteiger partial charge in [0, 0.05) is 18.8 Å². The predicted molar refractivity (Wildman–Crippen MR) is 114 cm³/mol. The lowest BCUT2D eigenvalue weighted by atomic mass is 10.2. The summed E-state index contributed by atoms with van der Waals surface area (Å²) in [4.78, 5) is 25.1. The number of hydrogen-bond acceptors (Lipinski definition) is 8. The van der Waals surface area contributed by atoms with E-state index in [2.05, 4.69) is 24.8 Å². The Morgan fingerprint density at radius 2 is 2.10 bits per heavy atom. The summed E-state index contributed by atoms with van der Waals surface area (Å²) < 4.78 is 89.9. The average Bonchev–Trinajstić information content (AvgIpc) is 3.25. The van der Waals surface area contributed by atoms with Crippen molar-refractivity contribution in [1.82, 2.24) is 24.7 Å². The molecule has 0 saturated carbocycles. The number of hydrogen-bond donors (Lipinski definition) is 2. The van der Waals surface area contributed by atoms with Crippen LogP contribution in [0.5, 0.6) is 0 Å². The van der Waals surface area contributed by atoms with E-state index < -0.39 is 66.8 Å². The quantitative estimate of drug-likeness (QED) is 0.502. The van der Waals surface area contributed by atoms with Gasteiger partial charge in [-0.1, -0.05) is 18.1 Å². The summed E-state index contributed by atoms with van der Waals surface area (Å²) >= 11 is 0. The molecule has 0 atom stereocenters. The van der Waals surface area contributed by atoms with Gasteiger partial charge < -0.3 is 16.2 Å². The van der Waals surface area contributed by atoms with Crippen molar-refractivity contribution in [1.29, 1.82) is 0 Å². The number of aromatic nitrogens is 5. The Hall–Kier alpha value is -4.28. The lowest BCUT2D eigenvalue weighted by Crippen LogP contribution is -2.28. The van der Waals surface area contributed by atoms with E-state index in [0.29, 0.717) is 9.58 Å². The molecular weight excluding hydrogens is 403 g/mol. The summed E-state index contributed by atoms with van der Waals surface area (Å²) in [7, 11) is -1.92. The smallest absolute Gasteiger partial charge is 0.413 e. The number of nitrogens with two attached hydrogens (primary N) is 2. The zero-order valence-corrected chi connectivity index (χ0v) is 15.8. The van der Waals surface area contributed by atoms with Crippen molar-refractivity contribution < 1.29 is 26.3 Å². The number of fused-ring (bicyclic) bond motifs is 1. The number of carbonyl (C=O) groups excluding carboxylic acids is 1. The van der Waals surface area contributed by atoms with Gasteiger partial charge in [0.05, 0.1) is 31.3 Å². The van der Waals surface area contributed by atoms with E-state index in [1.165, 1.54) is 18.3 Å². The molecule has 0 aliphatic rings. The van der Waals surface area contributed by atoms with Gasteiger partial charge in [0.25, 0.3) is 0 Å². The normalized spacial score (nSPS) is 16.0. The molecule has 0 radical (unpaired) electrons. The topological polar surface area (TPSA) is 138 Å². The Bertz CT molecular complexity index is 1630. The van der Waals surface area contributed by atoms with Crippen LogP contribution in [0.2, 0.25) is 0 Å². The maximum absolute atomic E-state index is 15.1. The largest absolute Gasteiger partial charge is 0.452 e. The molecule has 0 spiro atoms. The minimum atomic E-state index is -3.05. The maximum Gasteiger partial charge on any atom is 0.413 e. The molecule has 1 aromatic carbocycles. The minimum Gasteiger partial charge on any atom is -0.452 e. The first kappa shape index (κ1) is 11.8. The van der Waals surface area contributed by atoms with Crippen LogP contribution in [-0.2, 0) is 11.2 Å². The van der Waals surface area contributed by atoms with Crippen LogP contribution >= 0.6 is 0 Å². The summed E-state index contributed by atoms with van der Waals surface area (Å²) in [5, 5.41) is 4.29. The lowest BCUT2D eigenvalue weighted by molar-refractivity contribution is 0.180. The van der Waals surface area contributed by atoms with E-state index in [1.807, 2.05) is 0 Å².